The normalized spacial score (nSPS) is 25.7. The summed E-state index contributed by atoms with van der Waals surface area (Å²) in [5, 5.41) is 24.6. The summed E-state index contributed by atoms with van der Waals surface area (Å²) < 4.78 is 32.5. The van der Waals surface area contributed by atoms with Crippen LogP contribution in [-0.2, 0) is 20.9 Å². The third-order valence-electron chi connectivity index (χ3n) is 12.5. The number of ether oxygens (including phenoxy) is 5. The lowest BCUT2D eigenvalue weighted by Gasteiger charge is -2.60. The van der Waals surface area contributed by atoms with Gasteiger partial charge in [-0.3, -0.25) is 4.79 Å². The van der Waals surface area contributed by atoms with E-state index in [1.807, 2.05) is 47.4 Å². The van der Waals surface area contributed by atoms with Crippen molar-refractivity contribution in [3.05, 3.63) is 96.1 Å². The van der Waals surface area contributed by atoms with E-state index in [9.17, 15) is 15.0 Å². The molecule has 2 fully saturated rings. The number of thioether (sulfide) groups is 1. The molecule has 0 aromatic heterocycles. The third-order valence-corrected chi connectivity index (χ3v) is 13.3. The number of hydrogen-bond donors (Lipinski definition) is 2. The van der Waals surface area contributed by atoms with Crippen molar-refractivity contribution in [2.45, 2.75) is 87.0 Å². The number of allylic oxidation sites excluding steroid dienone is 1. The molecule has 11 nitrogen and oxygen atoms in total. The molecule has 2 aliphatic heterocycles. The highest BCUT2D eigenvalue weighted by molar-refractivity contribution is 7.98. The molecule has 3 aromatic rings. The van der Waals surface area contributed by atoms with Crippen molar-refractivity contribution >= 4 is 23.4 Å². The van der Waals surface area contributed by atoms with Crippen molar-refractivity contribution in [2.75, 3.05) is 40.0 Å². The molecule has 5 aliphatic rings. The van der Waals surface area contributed by atoms with Gasteiger partial charge < -0.3 is 43.6 Å². The Morgan fingerprint density at radius 2 is 1.71 bits per heavy atom. The molecule has 314 valence electrons. The van der Waals surface area contributed by atoms with E-state index in [0.29, 0.717) is 48.8 Å². The molecule has 1 amide bonds. The van der Waals surface area contributed by atoms with Gasteiger partial charge in [0.1, 0.15) is 30.4 Å². The lowest BCUT2D eigenvalue weighted by atomic mass is 9.55. The van der Waals surface area contributed by atoms with Gasteiger partial charge in [0, 0.05) is 48.5 Å². The summed E-state index contributed by atoms with van der Waals surface area (Å²) in [7, 11) is 1.57. The summed E-state index contributed by atoms with van der Waals surface area (Å²) >= 11 is 1.68. The first-order chi connectivity index (χ1) is 28.9. The van der Waals surface area contributed by atoms with Gasteiger partial charge in [0.05, 0.1) is 18.2 Å². The van der Waals surface area contributed by atoms with Crippen molar-refractivity contribution in [1.29, 1.82) is 0 Å². The van der Waals surface area contributed by atoms with Crippen LogP contribution in [0.4, 0.5) is 0 Å². The van der Waals surface area contributed by atoms with E-state index in [1.165, 1.54) is 0 Å². The van der Waals surface area contributed by atoms with Gasteiger partial charge in [0.2, 0.25) is 18.5 Å². The number of oxime groups is 1. The zero-order chi connectivity index (χ0) is 40.9. The molecule has 3 aliphatic carbocycles. The molecular formula is C47H56N2O9S. The lowest BCUT2D eigenvalue weighted by molar-refractivity contribution is -0.258. The van der Waals surface area contributed by atoms with Gasteiger partial charge in [-0.2, -0.15) is 0 Å². The minimum Gasteiger partial charge on any atom is -0.459 e. The number of unbranched alkanes of at least 4 members (excludes halogenated alkanes) is 2. The van der Waals surface area contributed by atoms with E-state index < -0.39 is 17.7 Å². The van der Waals surface area contributed by atoms with Gasteiger partial charge in [-0.05, 0) is 122 Å². The second-order valence-electron chi connectivity index (χ2n) is 16.2. The van der Waals surface area contributed by atoms with E-state index in [1.54, 1.807) is 24.9 Å². The van der Waals surface area contributed by atoms with Gasteiger partial charge >= 0.3 is 0 Å². The van der Waals surface area contributed by atoms with Crippen LogP contribution in [0.25, 0.3) is 0 Å². The summed E-state index contributed by atoms with van der Waals surface area (Å²) in [6.07, 6.45) is 12.9. The first-order valence-electron chi connectivity index (χ1n) is 21.0. The number of benzene rings is 3. The summed E-state index contributed by atoms with van der Waals surface area (Å²) in [6, 6.07) is 19.3. The minimum absolute atomic E-state index is 0.0535. The fraction of sp³-hybridized carbons (Fsp3) is 0.489. The van der Waals surface area contributed by atoms with Gasteiger partial charge in [0.15, 0.2) is 11.5 Å². The predicted octanol–water partition coefficient (Wildman–Crippen LogP) is 8.63. The van der Waals surface area contributed by atoms with Crippen LogP contribution in [0, 0.1) is 23.7 Å². The maximum absolute atomic E-state index is 14.8. The number of fused-ring (bicyclic) bond motifs is 3. The minimum atomic E-state index is -1.34. The highest BCUT2D eigenvalue weighted by Gasteiger charge is 2.66. The molecule has 59 heavy (non-hydrogen) atoms. The van der Waals surface area contributed by atoms with Gasteiger partial charge in [-0.25, -0.2) is 0 Å². The molecule has 3 aromatic carbocycles. The smallest absolute Gasteiger partial charge is 0.239 e. The average Bonchev–Trinajstić information content (AvgIpc) is 4.01. The number of carbonyl (C=O) groups is 1. The second-order valence-corrected chi connectivity index (χ2v) is 17.0. The number of carbonyl (C=O) groups excluding carboxylic acids is 1. The molecule has 8 rings (SSSR count). The fourth-order valence-corrected chi connectivity index (χ4v) is 10.2. The SMILES string of the molecule is C=CCO[C@@]12Oc3ccc(Oc4ccc(SC)cc4)cc3[C@H]3[C@H](CCCCO)[C@@H](CCCCO)C=C(C(=NOC)C[C@@H]1N(Cc1ccc4c(c1)OCO4)C(=O)C1CC1)[C@H]32. The Morgan fingerprint density at radius 3 is 2.44 bits per heavy atom. The van der Waals surface area contributed by atoms with Crippen LogP contribution in [0.3, 0.4) is 0 Å². The molecule has 2 N–H and O–H groups in total. The Bertz CT molecular complexity index is 2030. The molecule has 0 bridgehead atoms. The van der Waals surface area contributed by atoms with E-state index in [2.05, 4.69) is 37.1 Å². The van der Waals surface area contributed by atoms with Crippen molar-refractivity contribution < 1.29 is 43.5 Å². The summed E-state index contributed by atoms with van der Waals surface area (Å²) in [6.45, 7) is 4.95. The van der Waals surface area contributed by atoms with E-state index in [0.717, 1.165) is 71.6 Å². The quantitative estimate of drug-likeness (QED) is 0.0525. The third kappa shape index (κ3) is 8.46. The molecule has 0 unspecified atom stereocenters. The number of aliphatic hydroxyl groups is 2. The van der Waals surface area contributed by atoms with Crippen LogP contribution in [0.5, 0.6) is 28.7 Å². The van der Waals surface area contributed by atoms with Gasteiger partial charge in [0.25, 0.3) is 0 Å². The van der Waals surface area contributed by atoms with E-state index in [-0.39, 0.29) is 56.2 Å². The molecule has 2 heterocycles. The molecule has 0 spiro atoms. The first-order valence-corrected chi connectivity index (χ1v) is 22.3. The highest BCUT2D eigenvalue weighted by atomic mass is 32.2. The van der Waals surface area contributed by atoms with Crippen LogP contribution in [0.15, 0.2) is 95.0 Å². The number of rotatable bonds is 19. The largest absolute Gasteiger partial charge is 0.459 e. The maximum Gasteiger partial charge on any atom is 0.239 e. The van der Waals surface area contributed by atoms with E-state index in [4.69, 9.17) is 33.7 Å². The Hall–Kier alpha value is -4.49. The number of amides is 1. The topological polar surface area (TPSA) is 129 Å². The molecule has 12 heteroatoms. The van der Waals surface area contributed by atoms with Gasteiger partial charge in [-0.15, -0.1) is 18.3 Å². The summed E-state index contributed by atoms with van der Waals surface area (Å²) in [4.78, 5) is 23.5. The summed E-state index contributed by atoms with van der Waals surface area (Å²) in [5.74, 6) is 1.73. The monoisotopic (exact) mass is 824 g/mol. The average molecular weight is 825 g/mol. The second kappa shape index (κ2) is 18.4. The zero-order valence-electron chi connectivity index (χ0n) is 34.1. The van der Waals surface area contributed by atoms with Crippen LogP contribution in [-0.4, -0.2) is 78.5 Å². The molecule has 6 atom stereocenters. The van der Waals surface area contributed by atoms with Crippen molar-refractivity contribution in [3.63, 3.8) is 0 Å². The predicted molar refractivity (Wildman–Crippen MR) is 226 cm³/mol. The number of hydrogen-bond acceptors (Lipinski definition) is 11. The Morgan fingerprint density at radius 1 is 0.966 bits per heavy atom. The molecule has 0 radical (unpaired) electrons. The van der Waals surface area contributed by atoms with Crippen molar-refractivity contribution in [1.82, 2.24) is 4.90 Å². The van der Waals surface area contributed by atoms with Crippen LogP contribution in [0.2, 0.25) is 0 Å². The molecular weight excluding hydrogens is 769 g/mol. The summed E-state index contributed by atoms with van der Waals surface area (Å²) in [5.41, 5.74) is 3.67. The van der Waals surface area contributed by atoms with Crippen LogP contribution >= 0.6 is 11.8 Å². The van der Waals surface area contributed by atoms with Crippen molar-refractivity contribution in [3.8, 4) is 28.7 Å². The lowest BCUT2D eigenvalue weighted by Crippen LogP contribution is -2.70. The Balaban J connectivity index is 1.30. The fourth-order valence-electron chi connectivity index (χ4n) is 9.74. The number of nitrogens with zero attached hydrogens (tertiary/aromatic N) is 2. The first kappa shape index (κ1) is 41.3. The molecule has 0 saturated heterocycles. The highest BCUT2D eigenvalue weighted by Crippen LogP contribution is 2.62. The Kier molecular flexibility index (Phi) is 12.9. The molecule has 2 saturated carbocycles. The standard InChI is InChI=1S/C47H56N2O9S/c1-4-23-56-47-43(49(46(52)31-12-13-31)28-30-11-19-41-42(24-30)55-29-54-41)27-39(48-53-2)37-25-32(9-5-7-21-50)36(10-6-8-22-51)44(45(37)47)38-26-34(16-20-40(38)58-47)57-33-14-17-35(59-3)18-15-33/h4,11,14-20,24-26,31-32,36,43-45,50-51H,1,5-10,12-13,21-23,27-29H2,2-3H3/t32-,36+,43-,44+,45+,47+/m0/s1. The zero-order valence-corrected chi connectivity index (χ0v) is 34.9. The Labute approximate surface area is 351 Å². The number of aliphatic hydroxyl groups excluding tert-OH is 2. The van der Waals surface area contributed by atoms with Crippen molar-refractivity contribution in [2.24, 2.45) is 28.8 Å². The van der Waals surface area contributed by atoms with Gasteiger partial charge in [-0.1, -0.05) is 36.2 Å². The van der Waals surface area contributed by atoms with E-state index >= 15 is 0 Å². The van der Waals surface area contributed by atoms with Crippen LogP contribution in [0.1, 0.15) is 74.8 Å². The maximum atomic E-state index is 14.8. The van der Waals surface area contributed by atoms with Crippen LogP contribution < -0.4 is 18.9 Å².